The van der Waals surface area contributed by atoms with Crippen molar-refractivity contribution in [3.8, 4) is 5.88 Å². The van der Waals surface area contributed by atoms with Gasteiger partial charge in [-0.3, -0.25) is 0 Å². The standard InChI is InChI=1S/C9H12N4O3S/c14-7(6-15-9-5-12-17-13-9)3-10-4-8-1-2-11-16-8/h1-2,5,7,10,14H,3-4,6H2. The first-order valence-corrected chi connectivity index (χ1v) is 5.76. The summed E-state index contributed by atoms with van der Waals surface area (Å²) in [6, 6.07) is 1.76. The van der Waals surface area contributed by atoms with Gasteiger partial charge in [-0.2, -0.15) is 4.37 Å². The van der Waals surface area contributed by atoms with Crippen LogP contribution in [-0.4, -0.2) is 38.3 Å². The summed E-state index contributed by atoms with van der Waals surface area (Å²) in [5.41, 5.74) is 0. The van der Waals surface area contributed by atoms with Crippen LogP contribution in [0.1, 0.15) is 5.76 Å². The van der Waals surface area contributed by atoms with Gasteiger partial charge in [0.05, 0.1) is 24.5 Å². The van der Waals surface area contributed by atoms with Crippen LogP contribution in [0.25, 0.3) is 0 Å². The van der Waals surface area contributed by atoms with Crippen molar-refractivity contribution in [1.82, 2.24) is 19.2 Å². The van der Waals surface area contributed by atoms with Crippen LogP contribution in [0, 0.1) is 0 Å². The molecule has 0 amide bonds. The molecule has 2 rings (SSSR count). The van der Waals surface area contributed by atoms with E-state index in [0.29, 0.717) is 19.0 Å². The fourth-order valence-corrected chi connectivity index (χ4v) is 1.52. The molecule has 0 aromatic carbocycles. The Morgan fingerprint density at radius 1 is 1.59 bits per heavy atom. The van der Waals surface area contributed by atoms with E-state index in [2.05, 4.69) is 19.2 Å². The largest absolute Gasteiger partial charge is 0.473 e. The molecule has 0 saturated heterocycles. The summed E-state index contributed by atoms with van der Waals surface area (Å²) >= 11 is 1.07. The van der Waals surface area contributed by atoms with E-state index < -0.39 is 6.10 Å². The highest BCUT2D eigenvalue weighted by molar-refractivity contribution is 6.99. The molecule has 8 heteroatoms. The molecule has 1 atom stereocenters. The maximum absolute atomic E-state index is 9.60. The Morgan fingerprint density at radius 2 is 2.53 bits per heavy atom. The third-order valence-corrected chi connectivity index (χ3v) is 2.40. The molecule has 0 radical (unpaired) electrons. The summed E-state index contributed by atoms with van der Waals surface area (Å²) in [4.78, 5) is 0. The van der Waals surface area contributed by atoms with Crippen molar-refractivity contribution in [2.45, 2.75) is 12.6 Å². The highest BCUT2D eigenvalue weighted by atomic mass is 32.1. The number of hydrogen-bond acceptors (Lipinski definition) is 8. The Morgan fingerprint density at radius 3 is 3.24 bits per heavy atom. The zero-order chi connectivity index (χ0) is 11.9. The molecule has 0 bridgehead atoms. The minimum atomic E-state index is -0.611. The van der Waals surface area contributed by atoms with Crippen LogP contribution in [-0.2, 0) is 6.54 Å². The van der Waals surface area contributed by atoms with E-state index in [4.69, 9.17) is 9.26 Å². The van der Waals surface area contributed by atoms with Crippen molar-refractivity contribution in [3.05, 3.63) is 24.2 Å². The molecule has 17 heavy (non-hydrogen) atoms. The van der Waals surface area contributed by atoms with Gasteiger partial charge in [0.1, 0.15) is 24.7 Å². The Labute approximate surface area is 102 Å². The van der Waals surface area contributed by atoms with Crippen molar-refractivity contribution in [3.63, 3.8) is 0 Å². The number of aliphatic hydroxyl groups is 1. The predicted molar refractivity (Wildman–Crippen MR) is 59.6 cm³/mol. The summed E-state index contributed by atoms with van der Waals surface area (Å²) in [7, 11) is 0. The summed E-state index contributed by atoms with van der Waals surface area (Å²) < 4.78 is 17.7. The van der Waals surface area contributed by atoms with Gasteiger partial charge in [-0.1, -0.05) is 5.16 Å². The minimum Gasteiger partial charge on any atom is -0.473 e. The molecule has 1 unspecified atom stereocenters. The van der Waals surface area contributed by atoms with E-state index in [1.54, 1.807) is 12.3 Å². The van der Waals surface area contributed by atoms with Gasteiger partial charge in [-0.05, 0) is 0 Å². The summed E-state index contributed by atoms with van der Waals surface area (Å²) in [6.07, 6.45) is 2.48. The van der Waals surface area contributed by atoms with Crippen LogP contribution in [0.2, 0.25) is 0 Å². The second-order valence-electron chi connectivity index (χ2n) is 3.32. The molecule has 2 aromatic rings. The molecule has 0 fully saturated rings. The molecule has 0 spiro atoms. The first kappa shape index (κ1) is 12.0. The molecule has 2 N–H and O–H groups in total. The van der Waals surface area contributed by atoms with E-state index in [1.165, 1.54) is 6.20 Å². The van der Waals surface area contributed by atoms with Crippen molar-refractivity contribution >= 4 is 11.7 Å². The number of aliphatic hydroxyl groups excluding tert-OH is 1. The number of ether oxygens (including phenoxy) is 1. The molecule has 2 aromatic heterocycles. The number of nitrogens with zero attached hydrogens (tertiary/aromatic N) is 3. The Kier molecular flexibility index (Phi) is 4.42. The molecule has 2 heterocycles. The molecule has 0 saturated carbocycles. The van der Waals surface area contributed by atoms with E-state index in [0.717, 1.165) is 17.5 Å². The third kappa shape index (κ3) is 4.10. The monoisotopic (exact) mass is 256 g/mol. The highest BCUT2D eigenvalue weighted by Gasteiger charge is 2.06. The second kappa shape index (κ2) is 6.28. The molecular weight excluding hydrogens is 244 g/mol. The second-order valence-corrected chi connectivity index (χ2v) is 3.88. The first-order valence-electron chi connectivity index (χ1n) is 5.03. The minimum absolute atomic E-state index is 0.175. The summed E-state index contributed by atoms with van der Waals surface area (Å²) in [6.45, 7) is 1.10. The average molecular weight is 256 g/mol. The summed E-state index contributed by atoms with van der Waals surface area (Å²) in [5, 5.41) is 16.2. The number of rotatable bonds is 7. The molecule has 7 nitrogen and oxygen atoms in total. The van der Waals surface area contributed by atoms with Crippen LogP contribution in [0.5, 0.6) is 5.88 Å². The predicted octanol–water partition coefficient (Wildman–Crippen LogP) is 0.0556. The van der Waals surface area contributed by atoms with Gasteiger partial charge < -0.3 is 19.7 Å². The molecule has 0 aliphatic rings. The quantitative estimate of drug-likeness (QED) is 0.723. The molecule has 92 valence electrons. The van der Waals surface area contributed by atoms with Crippen molar-refractivity contribution in [2.24, 2.45) is 0 Å². The lowest BCUT2D eigenvalue weighted by Crippen LogP contribution is -2.31. The van der Waals surface area contributed by atoms with Gasteiger partial charge in [0.25, 0.3) is 0 Å². The fourth-order valence-electron chi connectivity index (χ4n) is 1.16. The van der Waals surface area contributed by atoms with Gasteiger partial charge in [0, 0.05) is 12.6 Å². The van der Waals surface area contributed by atoms with Gasteiger partial charge in [0.15, 0.2) is 0 Å². The zero-order valence-corrected chi connectivity index (χ0v) is 9.76. The molecule has 0 aliphatic heterocycles. The third-order valence-electron chi connectivity index (χ3n) is 1.94. The number of hydrogen-bond donors (Lipinski definition) is 2. The van der Waals surface area contributed by atoms with Crippen LogP contribution < -0.4 is 10.1 Å². The van der Waals surface area contributed by atoms with Crippen molar-refractivity contribution < 1.29 is 14.4 Å². The van der Waals surface area contributed by atoms with Gasteiger partial charge in [0.2, 0.25) is 5.88 Å². The van der Waals surface area contributed by atoms with Gasteiger partial charge in [-0.25, -0.2) is 0 Å². The Balaban J connectivity index is 1.59. The average Bonchev–Trinajstić information content (AvgIpc) is 2.99. The molecule has 0 aliphatic carbocycles. The number of aromatic nitrogens is 3. The van der Waals surface area contributed by atoms with Crippen molar-refractivity contribution in [1.29, 1.82) is 0 Å². The SMILES string of the molecule is OC(CNCc1ccno1)COc1cnsn1. The molecular formula is C9H12N4O3S. The lowest BCUT2D eigenvalue weighted by Gasteiger charge is -2.10. The van der Waals surface area contributed by atoms with Gasteiger partial charge in [-0.15, -0.1) is 4.37 Å². The number of nitrogens with one attached hydrogen (secondary N) is 1. The lowest BCUT2D eigenvalue weighted by atomic mass is 10.3. The van der Waals surface area contributed by atoms with E-state index >= 15 is 0 Å². The van der Waals surface area contributed by atoms with Gasteiger partial charge >= 0.3 is 0 Å². The maximum atomic E-state index is 9.60. The van der Waals surface area contributed by atoms with E-state index in [1.807, 2.05) is 0 Å². The van der Waals surface area contributed by atoms with Crippen LogP contribution >= 0.6 is 11.7 Å². The zero-order valence-electron chi connectivity index (χ0n) is 8.94. The van der Waals surface area contributed by atoms with Crippen LogP contribution in [0.15, 0.2) is 23.0 Å². The fraction of sp³-hybridized carbons (Fsp3) is 0.444. The normalized spacial score (nSPS) is 12.5. The maximum Gasteiger partial charge on any atom is 0.245 e. The first-order chi connectivity index (χ1) is 8.34. The van der Waals surface area contributed by atoms with E-state index in [9.17, 15) is 5.11 Å². The van der Waals surface area contributed by atoms with E-state index in [-0.39, 0.29) is 6.61 Å². The summed E-state index contributed by atoms with van der Waals surface area (Å²) in [5.74, 6) is 1.16. The van der Waals surface area contributed by atoms with Crippen molar-refractivity contribution in [2.75, 3.05) is 13.2 Å². The van der Waals surface area contributed by atoms with Crippen LogP contribution in [0.4, 0.5) is 0 Å². The Bertz CT molecular complexity index is 406. The Hall–Kier alpha value is -1.51. The highest BCUT2D eigenvalue weighted by Crippen LogP contribution is 2.05. The lowest BCUT2D eigenvalue weighted by molar-refractivity contribution is 0.103. The smallest absolute Gasteiger partial charge is 0.245 e. The van der Waals surface area contributed by atoms with Crippen LogP contribution in [0.3, 0.4) is 0 Å². The topological polar surface area (TPSA) is 93.3 Å².